The van der Waals surface area contributed by atoms with Gasteiger partial charge in [0.1, 0.15) is 18.5 Å². The fourth-order valence-corrected chi connectivity index (χ4v) is 1.81. The molecule has 1 aromatic rings. The number of hydrogen-bond donors (Lipinski definition) is 1. The van der Waals surface area contributed by atoms with Crippen LogP contribution in [0.2, 0.25) is 0 Å². The minimum absolute atomic E-state index is 0.0197. The lowest BCUT2D eigenvalue weighted by Crippen LogP contribution is -2.38. The molecule has 0 bridgehead atoms. The minimum Gasteiger partial charge on any atom is -0.484 e. The molecule has 1 aromatic carbocycles. The number of hydrogen-bond acceptors (Lipinski definition) is 5. The number of nitriles is 1. The molecular formula is C12H13BrFN3O3. The smallest absolute Gasteiger partial charge is 0.312 e. The molecule has 20 heavy (non-hydrogen) atoms. The van der Waals surface area contributed by atoms with Gasteiger partial charge in [0.2, 0.25) is 0 Å². The van der Waals surface area contributed by atoms with Gasteiger partial charge in [-0.2, -0.15) is 5.26 Å². The maximum absolute atomic E-state index is 13.4. The summed E-state index contributed by atoms with van der Waals surface area (Å²) < 4.78 is 18.6. The van der Waals surface area contributed by atoms with Crippen molar-refractivity contribution in [2.75, 3.05) is 6.61 Å². The van der Waals surface area contributed by atoms with E-state index in [1.807, 2.05) is 19.9 Å². The van der Waals surface area contributed by atoms with Crippen LogP contribution in [0.1, 0.15) is 13.8 Å². The van der Waals surface area contributed by atoms with Crippen LogP contribution in [-0.4, -0.2) is 23.6 Å². The van der Waals surface area contributed by atoms with Crippen molar-refractivity contribution in [1.29, 1.82) is 5.26 Å². The average molecular weight is 346 g/mol. The van der Waals surface area contributed by atoms with Crippen molar-refractivity contribution in [2.45, 2.75) is 25.9 Å². The number of benzene rings is 1. The molecular weight excluding hydrogens is 333 g/mol. The van der Waals surface area contributed by atoms with Crippen molar-refractivity contribution in [1.82, 2.24) is 5.32 Å². The normalized spacial score (nSPS) is 12.0. The van der Waals surface area contributed by atoms with Crippen LogP contribution >= 0.6 is 15.9 Å². The van der Waals surface area contributed by atoms with Gasteiger partial charge in [0.05, 0.1) is 15.5 Å². The van der Waals surface area contributed by atoms with Gasteiger partial charge in [0.25, 0.3) is 0 Å². The predicted molar refractivity (Wildman–Crippen MR) is 73.9 cm³/mol. The highest BCUT2D eigenvalue weighted by Crippen LogP contribution is 2.32. The Kier molecular flexibility index (Phi) is 5.85. The minimum atomic E-state index is -0.670. The Labute approximate surface area is 123 Å². The van der Waals surface area contributed by atoms with Crippen molar-refractivity contribution in [3.63, 3.8) is 0 Å². The van der Waals surface area contributed by atoms with E-state index in [2.05, 4.69) is 21.2 Å². The molecule has 0 saturated carbocycles. The molecule has 6 nitrogen and oxygen atoms in total. The molecule has 0 aliphatic carbocycles. The second kappa shape index (κ2) is 7.17. The standard InChI is InChI=1S/C12H13BrFN3O3/c1-7(2)16-8(5-15)6-20-12-4-10(14)9(13)3-11(12)17(18)19/h3-4,7-8,16H,6H2,1-2H3. The van der Waals surface area contributed by atoms with Crippen molar-refractivity contribution in [3.8, 4) is 11.8 Å². The number of nitro benzene ring substituents is 1. The van der Waals surface area contributed by atoms with Gasteiger partial charge in [-0.15, -0.1) is 0 Å². The van der Waals surface area contributed by atoms with Crippen LogP contribution in [0.15, 0.2) is 16.6 Å². The van der Waals surface area contributed by atoms with Crippen LogP contribution in [0.25, 0.3) is 0 Å². The second-order valence-corrected chi connectivity index (χ2v) is 5.16. The maximum Gasteiger partial charge on any atom is 0.312 e. The van der Waals surface area contributed by atoms with Gasteiger partial charge in [-0.3, -0.25) is 15.4 Å². The summed E-state index contributed by atoms with van der Waals surface area (Å²) in [6, 6.07) is 3.34. The molecule has 0 aromatic heterocycles. The Balaban J connectivity index is 2.89. The molecule has 0 heterocycles. The molecule has 0 radical (unpaired) electrons. The Bertz CT molecular complexity index is 545. The first kappa shape index (κ1) is 16.3. The van der Waals surface area contributed by atoms with Crippen LogP contribution < -0.4 is 10.1 Å². The monoisotopic (exact) mass is 345 g/mol. The Morgan fingerprint density at radius 3 is 2.75 bits per heavy atom. The quantitative estimate of drug-likeness (QED) is 0.632. The number of nitrogens with zero attached hydrogens (tertiary/aromatic N) is 2. The van der Waals surface area contributed by atoms with Crippen molar-refractivity contribution in [3.05, 3.63) is 32.5 Å². The van der Waals surface area contributed by atoms with Crippen LogP contribution in [0.5, 0.6) is 5.75 Å². The van der Waals surface area contributed by atoms with Crippen molar-refractivity contribution >= 4 is 21.6 Å². The molecule has 0 amide bonds. The summed E-state index contributed by atoms with van der Waals surface area (Å²) in [6.07, 6.45) is 0. The first-order valence-electron chi connectivity index (χ1n) is 5.77. The Hall–Kier alpha value is -1.72. The van der Waals surface area contributed by atoms with E-state index in [1.165, 1.54) is 0 Å². The maximum atomic E-state index is 13.4. The summed E-state index contributed by atoms with van der Waals surface area (Å²) in [5.41, 5.74) is -0.362. The number of halogens is 2. The van der Waals surface area contributed by atoms with E-state index < -0.39 is 16.8 Å². The topological polar surface area (TPSA) is 88.2 Å². The summed E-state index contributed by atoms with van der Waals surface area (Å²) in [5.74, 6) is -0.877. The molecule has 8 heteroatoms. The van der Waals surface area contributed by atoms with Gasteiger partial charge in [-0.1, -0.05) is 0 Å². The second-order valence-electron chi connectivity index (χ2n) is 4.31. The summed E-state index contributed by atoms with van der Waals surface area (Å²) >= 11 is 2.88. The molecule has 1 unspecified atom stereocenters. The van der Waals surface area contributed by atoms with E-state index in [1.54, 1.807) is 0 Å². The van der Waals surface area contributed by atoms with Gasteiger partial charge < -0.3 is 4.74 Å². The average Bonchev–Trinajstić information content (AvgIpc) is 2.37. The number of rotatable bonds is 6. The van der Waals surface area contributed by atoms with Gasteiger partial charge in [-0.25, -0.2) is 4.39 Å². The van der Waals surface area contributed by atoms with Gasteiger partial charge >= 0.3 is 5.69 Å². The van der Waals surface area contributed by atoms with Crippen LogP contribution in [0, 0.1) is 27.3 Å². The molecule has 108 valence electrons. The van der Waals surface area contributed by atoms with Gasteiger partial charge in [0.15, 0.2) is 5.75 Å². The van der Waals surface area contributed by atoms with E-state index in [4.69, 9.17) is 10.00 Å². The summed E-state index contributed by atoms with van der Waals surface area (Å²) in [6.45, 7) is 3.59. The van der Waals surface area contributed by atoms with E-state index in [9.17, 15) is 14.5 Å². The van der Waals surface area contributed by atoms with Crippen molar-refractivity contribution in [2.24, 2.45) is 0 Å². The van der Waals surface area contributed by atoms with E-state index >= 15 is 0 Å². The molecule has 0 aliphatic rings. The molecule has 1 N–H and O–H groups in total. The molecule has 0 aliphatic heterocycles. The molecule has 0 spiro atoms. The predicted octanol–water partition coefficient (Wildman–Crippen LogP) is 2.77. The van der Waals surface area contributed by atoms with Gasteiger partial charge in [-0.05, 0) is 29.8 Å². The Morgan fingerprint density at radius 2 is 2.25 bits per heavy atom. The molecule has 1 rings (SSSR count). The van der Waals surface area contributed by atoms with E-state index in [0.717, 1.165) is 12.1 Å². The number of nitrogens with one attached hydrogen (secondary N) is 1. The third-order valence-corrected chi connectivity index (χ3v) is 2.90. The first-order valence-corrected chi connectivity index (χ1v) is 6.56. The zero-order valence-electron chi connectivity index (χ0n) is 10.9. The van der Waals surface area contributed by atoms with E-state index in [0.29, 0.717) is 0 Å². The summed E-state index contributed by atoms with van der Waals surface area (Å²) in [7, 11) is 0. The lowest BCUT2D eigenvalue weighted by atomic mass is 10.2. The zero-order valence-corrected chi connectivity index (χ0v) is 12.5. The fourth-order valence-electron chi connectivity index (χ4n) is 1.47. The largest absolute Gasteiger partial charge is 0.484 e. The summed E-state index contributed by atoms with van der Waals surface area (Å²) in [4.78, 5) is 10.2. The highest BCUT2D eigenvalue weighted by atomic mass is 79.9. The highest BCUT2D eigenvalue weighted by Gasteiger charge is 2.20. The fraction of sp³-hybridized carbons (Fsp3) is 0.417. The highest BCUT2D eigenvalue weighted by molar-refractivity contribution is 9.10. The van der Waals surface area contributed by atoms with Crippen LogP contribution in [0.4, 0.5) is 10.1 Å². The third kappa shape index (κ3) is 4.43. The van der Waals surface area contributed by atoms with Gasteiger partial charge in [0, 0.05) is 18.2 Å². The third-order valence-electron chi connectivity index (χ3n) is 2.29. The molecule has 0 saturated heterocycles. The van der Waals surface area contributed by atoms with Crippen LogP contribution in [-0.2, 0) is 0 Å². The molecule has 0 fully saturated rings. The SMILES string of the molecule is CC(C)NC(C#N)COc1cc(F)c(Br)cc1[N+](=O)[O-]. The lowest BCUT2D eigenvalue weighted by molar-refractivity contribution is -0.386. The number of nitro groups is 1. The lowest BCUT2D eigenvalue weighted by Gasteiger charge is -2.15. The zero-order chi connectivity index (χ0) is 15.3. The van der Waals surface area contributed by atoms with E-state index in [-0.39, 0.29) is 28.6 Å². The Morgan fingerprint density at radius 1 is 1.60 bits per heavy atom. The van der Waals surface area contributed by atoms with Crippen LogP contribution in [0.3, 0.4) is 0 Å². The van der Waals surface area contributed by atoms with Crippen molar-refractivity contribution < 1.29 is 14.1 Å². The first-order chi connectivity index (χ1) is 9.35. The summed E-state index contributed by atoms with van der Waals surface area (Å²) in [5, 5.41) is 22.7. The number of ether oxygens (including phenoxy) is 1. The molecule has 1 atom stereocenters.